The molecule has 148 valence electrons. The molecule has 0 aliphatic carbocycles. The number of halogens is 1. The van der Waals surface area contributed by atoms with E-state index in [9.17, 15) is 9.59 Å². The number of nitrogens with zero attached hydrogens (tertiary/aromatic N) is 2. The number of thiophene rings is 2. The molecule has 0 N–H and O–H groups in total. The first-order valence-electron chi connectivity index (χ1n) is 9.30. The van der Waals surface area contributed by atoms with Crippen LogP contribution >= 0.6 is 34.3 Å². The highest BCUT2D eigenvalue weighted by molar-refractivity contribution is 7.10. The summed E-state index contributed by atoms with van der Waals surface area (Å²) in [7, 11) is 0. The highest BCUT2D eigenvalue weighted by atomic mass is 35.5. The number of carbonyl (C=O) groups is 1. The first-order valence-corrected chi connectivity index (χ1v) is 11.4. The molecular weight excluding hydrogens is 428 g/mol. The Balaban J connectivity index is 1.41. The second kappa shape index (κ2) is 7.48. The number of aromatic nitrogens is 1. The first-order chi connectivity index (χ1) is 14.1. The van der Waals surface area contributed by atoms with Gasteiger partial charge in [-0.2, -0.15) is 0 Å². The lowest BCUT2D eigenvalue weighted by Gasteiger charge is -2.35. The maximum Gasteiger partial charge on any atom is 0.419 e. The number of rotatable bonds is 4. The van der Waals surface area contributed by atoms with Crippen LogP contribution in [0.5, 0.6) is 0 Å². The molecule has 4 aromatic rings. The van der Waals surface area contributed by atoms with Crippen molar-refractivity contribution in [3.63, 3.8) is 0 Å². The van der Waals surface area contributed by atoms with Crippen molar-refractivity contribution in [1.29, 1.82) is 0 Å². The molecule has 8 heteroatoms. The zero-order valence-corrected chi connectivity index (χ0v) is 17.7. The molecule has 1 aromatic carbocycles. The van der Waals surface area contributed by atoms with Crippen LogP contribution in [0, 0.1) is 0 Å². The minimum atomic E-state index is -0.469. The van der Waals surface area contributed by atoms with Crippen molar-refractivity contribution in [3.8, 4) is 0 Å². The Hall–Kier alpha value is -2.35. The van der Waals surface area contributed by atoms with E-state index in [1.807, 2.05) is 16.3 Å². The molecule has 0 spiro atoms. The number of aryl methyl sites for hydroxylation is 1. The normalized spacial score (nSPS) is 16.3. The van der Waals surface area contributed by atoms with Gasteiger partial charge in [0.15, 0.2) is 5.58 Å². The summed E-state index contributed by atoms with van der Waals surface area (Å²) in [6.07, 6.45) is 1.10. The Labute approximate surface area is 179 Å². The molecule has 0 unspecified atom stereocenters. The van der Waals surface area contributed by atoms with E-state index >= 15 is 0 Å². The van der Waals surface area contributed by atoms with Crippen molar-refractivity contribution in [3.05, 3.63) is 78.0 Å². The van der Waals surface area contributed by atoms with Gasteiger partial charge in [-0.05, 0) is 47.0 Å². The molecule has 4 heterocycles. The summed E-state index contributed by atoms with van der Waals surface area (Å²) in [6.45, 7) is 0.960. The van der Waals surface area contributed by atoms with Gasteiger partial charge in [0.2, 0.25) is 5.91 Å². The van der Waals surface area contributed by atoms with E-state index in [1.54, 1.807) is 40.9 Å². The van der Waals surface area contributed by atoms with Gasteiger partial charge in [0.25, 0.3) is 0 Å². The van der Waals surface area contributed by atoms with E-state index in [-0.39, 0.29) is 24.9 Å². The van der Waals surface area contributed by atoms with E-state index in [0.717, 1.165) is 6.42 Å². The van der Waals surface area contributed by atoms with E-state index in [1.165, 1.54) is 19.9 Å². The largest absolute Gasteiger partial charge is 0.419 e. The highest BCUT2D eigenvalue weighted by Crippen LogP contribution is 2.39. The molecule has 1 amide bonds. The average Bonchev–Trinajstić information content (AvgIpc) is 3.44. The summed E-state index contributed by atoms with van der Waals surface area (Å²) in [5.74, 6) is -0.431. The van der Waals surface area contributed by atoms with Gasteiger partial charge in [0.1, 0.15) is 0 Å². The fraction of sp³-hybridized carbons (Fsp3) is 0.238. The molecule has 0 saturated heterocycles. The summed E-state index contributed by atoms with van der Waals surface area (Å²) < 4.78 is 6.78. The van der Waals surface area contributed by atoms with Gasteiger partial charge in [0.05, 0.1) is 11.6 Å². The third kappa shape index (κ3) is 3.33. The van der Waals surface area contributed by atoms with Crippen LogP contribution in [0.2, 0.25) is 5.02 Å². The van der Waals surface area contributed by atoms with Crippen LogP contribution in [0.4, 0.5) is 0 Å². The second-order valence-corrected chi connectivity index (χ2v) is 9.35. The lowest BCUT2D eigenvalue weighted by molar-refractivity contribution is -0.133. The molecule has 1 atom stereocenters. The van der Waals surface area contributed by atoms with Gasteiger partial charge in [-0.3, -0.25) is 9.36 Å². The molecule has 0 fully saturated rings. The smallest absolute Gasteiger partial charge is 0.408 e. The third-order valence-corrected chi connectivity index (χ3v) is 7.43. The maximum atomic E-state index is 13.2. The first kappa shape index (κ1) is 18.7. The van der Waals surface area contributed by atoms with Crippen LogP contribution < -0.4 is 5.76 Å². The summed E-state index contributed by atoms with van der Waals surface area (Å²) >= 11 is 9.40. The average molecular weight is 445 g/mol. The van der Waals surface area contributed by atoms with Crippen LogP contribution in [0.3, 0.4) is 0 Å². The topological polar surface area (TPSA) is 55.5 Å². The fourth-order valence-electron chi connectivity index (χ4n) is 3.94. The SMILES string of the molecule is O=C(CCn1c(=O)oc2cc(Cl)ccc21)N1CCc2sccc2[C@H]1c1cccs1. The summed E-state index contributed by atoms with van der Waals surface area (Å²) in [4.78, 5) is 29.9. The standard InChI is InChI=1S/C21H17ClN2O3S2/c22-13-3-4-15-16(12-13)27-21(26)23(15)9-6-19(25)24-8-5-17-14(7-11-29-17)20(24)18-2-1-10-28-18/h1-4,7,10-12,20H,5-6,8-9H2/t20-/m0/s1. The second-order valence-electron chi connectivity index (χ2n) is 6.94. The predicted molar refractivity (Wildman–Crippen MR) is 116 cm³/mol. The van der Waals surface area contributed by atoms with Crippen LogP contribution in [0.15, 0.2) is 56.4 Å². The lowest BCUT2D eigenvalue weighted by Crippen LogP contribution is -2.40. The van der Waals surface area contributed by atoms with Crippen LogP contribution in [0.25, 0.3) is 11.1 Å². The third-order valence-electron chi connectivity index (χ3n) is 5.28. The molecule has 3 aromatic heterocycles. The van der Waals surface area contributed by atoms with E-state index in [2.05, 4.69) is 17.5 Å². The molecule has 0 saturated carbocycles. The predicted octanol–water partition coefficient (Wildman–Crippen LogP) is 4.94. The van der Waals surface area contributed by atoms with Crippen molar-refractivity contribution in [2.45, 2.75) is 25.4 Å². The number of carbonyl (C=O) groups excluding carboxylic acids is 1. The number of fused-ring (bicyclic) bond motifs is 2. The van der Waals surface area contributed by atoms with Gasteiger partial charge < -0.3 is 9.32 Å². The zero-order valence-electron chi connectivity index (χ0n) is 15.3. The molecule has 29 heavy (non-hydrogen) atoms. The number of amides is 1. The highest BCUT2D eigenvalue weighted by Gasteiger charge is 2.33. The van der Waals surface area contributed by atoms with Crippen molar-refractivity contribution >= 4 is 51.3 Å². The van der Waals surface area contributed by atoms with Gasteiger partial charge in [-0.25, -0.2) is 4.79 Å². The van der Waals surface area contributed by atoms with Gasteiger partial charge >= 0.3 is 5.76 Å². The van der Waals surface area contributed by atoms with Gasteiger partial charge in [-0.1, -0.05) is 17.7 Å². The van der Waals surface area contributed by atoms with E-state index in [4.69, 9.17) is 16.0 Å². The lowest BCUT2D eigenvalue weighted by atomic mass is 9.98. The minimum absolute atomic E-state index is 0.0375. The Morgan fingerprint density at radius 2 is 2.10 bits per heavy atom. The Morgan fingerprint density at radius 3 is 2.93 bits per heavy atom. The van der Waals surface area contributed by atoms with Gasteiger partial charge in [0, 0.05) is 40.4 Å². The molecule has 0 radical (unpaired) electrons. The molecule has 5 nitrogen and oxygen atoms in total. The summed E-state index contributed by atoms with van der Waals surface area (Å²) in [6, 6.07) is 11.3. The Morgan fingerprint density at radius 1 is 1.21 bits per heavy atom. The zero-order chi connectivity index (χ0) is 20.0. The van der Waals surface area contributed by atoms with Crippen molar-refractivity contribution in [1.82, 2.24) is 9.47 Å². The number of hydrogen-bond acceptors (Lipinski definition) is 5. The fourth-order valence-corrected chi connectivity index (χ4v) is 5.86. The summed E-state index contributed by atoms with van der Waals surface area (Å²) in [5, 5.41) is 4.65. The number of hydrogen-bond donors (Lipinski definition) is 0. The Bertz CT molecular complexity index is 1240. The molecule has 1 aliphatic heterocycles. The van der Waals surface area contributed by atoms with Crippen LogP contribution in [0.1, 0.15) is 27.8 Å². The molecule has 5 rings (SSSR count). The number of oxazole rings is 1. The molecule has 0 bridgehead atoms. The monoisotopic (exact) mass is 444 g/mol. The van der Waals surface area contributed by atoms with Crippen LogP contribution in [-0.4, -0.2) is 21.9 Å². The molecule has 1 aliphatic rings. The van der Waals surface area contributed by atoms with Crippen molar-refractivity contribution in [2.24, 2.45) is 0 Å². The summed E-state index contributed by atoms with van der Waals surface area (Å²) in [5.41, 5.74) is 2.31. The van der Waals surface area contributed by atoms with Crippen molar-refractivity contribution < 1.29 is 9.21 Å². The quantitative estimate of drug-likeness (QED) is 0.448. The van der Waals surface area contributed by atoms with Gasteiger partial charge in [-0.15, -0.1) is 22.7 Å². The van der Waals surface area contributed by atoms with E-state index < -0.39 is 5.76 Å². The maximum absolute atomic E-state index is 13.2. The number of benzene rings is 1. The minimum Gasteiger partial charge on any atom is -0.408 e. The Kier molecular flexibility index (Phi) is 4.81. The molecular formula is C21H17ClN2O3S2. The van der Waals surface area contributed by atoms with E-state index in [0.29, 0.717) is 22.7 Å². The van der Waals surface area contributed by atoms with Crippen molar-refractivity contribution in [2.75, 3.05) is 6.54 Å². The van der Waals surface area contributed by atoms with Crippen LogP contribution in [-0.2, 0) is 17.8 Å².